The van der Waals surface area contributed by atoms with Crippen molar-refractivity contribution in [2.24, 2.45) is 0 Å². The predicted octanol–water partition coefficient (Wildman–Crippen LogP) is 0.949. The zero-order valence-corrected chi connectivity index (χ0v) is 11.2. The molecule has 0 aromatic carbocycles. The van der Waals surface area contributed by atoms with Crippen LogP contribution >= 0.6 is 0 Å². The summed E-state index contributed by atoms with van der Waals surface area (Å²) in [5, 5.41) is 14.4. The van der Waals surface area contributed by atoms with E-state index in [9.17, 15) is 10.1 Å². The van der Waals surface area contributed by atoms with Gasteiger partial charge >= 0.3 is 5.69 Å². The first-order chi connectivity index (χ1) is 9.70. The first kappa shape index (κ1) is 13.3. The number of hydrogen-bond acceptors (Lipinski definition) is 6. The number of nitro groups is 1. The highest BCUT2D eigenvalue weighted by Crippen LogP contribution is 2.32. The molecular formula is C13H18N4O3. The van der Waals surface area contributed by atoms with Crippen LogP contribution in [0.1, 0.15) is 12.8 Å². The fourth-order valence-electron chi connectivity index (χ4n) is 2.99. The van der Waals surface area contributed by atoms with Crippen molar-refractivity contribution in [1.29, 1.82) is 0 Å². The molecule has 0 saturated carbocycles. The van der Waals surface area contributed by atoms with Gasteiger partial charge in [0.2, 0.25) is 5.82 Å². The minimum absolute atomic E-state index is 0.0680. The number of hydrogen-bond donors (Lipinski definition) is 1. The molecule has 0 unspecified atom stereocenters. The first-order valence-electron chi connectivity index (χ1n) is 6.89. The summed E-state index contributed by atoms with van der Waals surface area (Å²) in [5.74, 6) is 0.457. The van der Waals surface area contributed by atoms with Crippen molar-refractivity contribution in [1.82, 2.24) is 10.3 Å². The van der Waals surface area contributed by atoms with Gasteiger partial charge in [0.1, 0.15) is 0 Å². The molecule has 1 N–H and O–H groups in total. The molecule has 20 heavy (non-hydrogen) atoms. The maximum absolute atomic E-state index is 11.1. The number of morpholine rings is 1. The molecule has 2 aliphatic heterocycles. The van der Waals surface area contributed by atoms with Crippen LogP contribution in [0.5, 0.6) is 0 Å². The van der Waals surface area contributed by atoms with Gasteiger partial charge in [-0.15, -0.1) is 0 Å². The van der Waals surface area contributed by atoms with E-state index < -0.39 is 0 Å². The summed E-state index contributed by atoms with van der Waals surface area (Å²) in [6, 6.07) is 3.11. The number of nitrogens with one attached hydrogen (secondary N) is 1. The fourth-order valence-corrected chi connectivity index (χ4v) is 2.99. The maximum Gasteiger partial charge on any atom is 0.311 e. The number of nitrogens with zero attached hydrogens (tertiary/aromatic N) is 3. The summed E-state index contributed by atoms with van der Waals surface area (Å²) < 4.78 is 5.98. The zero-order valence-electron chi connectivity index (χ0n) is 11.2. The number of piperidine rings is 1. The van der Waals surface area contributed by atoms with Gasteiger partial charge in [0, 0.05) is 25.4 Å². The van der Waals surface area contributed by atoms with Crippen molar-refractivity contribution in [3.63, 3.8) is 0 Å². The second-order valence-corrected chi connectivity index (χ2v) is 5.31. The second kappa shape index (κ2) is 5.34. The third-order valence-corrected chi connectivity index (χ3v) is 4.03. The monoisotopic (exact) mass is 278 g/mol. The highest BCUT2D eigenvalue weighted by Gasteiger charge is 2.39. The van der Waals surface area contributed by atoms with Gasteiger partial charge < -0.3 is 15.0 Å². The lowest BCUT2D eigenvalue weighted by molar-refractivity contribution is -0.384. The van der Waals surface area contributed by atoms with Crippen LogP contribution in [0.4, 0.5) is 11.5 Å². The molecule has 2 saturated heterocycles. The summed E-state index contributed by atoms with van der Waals surface area (Å²) in [6.45, 7) is 3.77. The van der Waals surface area contributed by atoms with Gasteiger partial charge in [0.05, 0.1) is 17.1 Å². The Kier molecular flexibility index (Phi) is 3.54. The maximum atomic E-state index is 11.1. The molecule has 7 nitrogen and oxygen atoms in total. The van der Waals surface area contributed by atoms with Crippen molar-refractivity contribution in [2.75, 3.05) is 37.7 Å². The molecule has 0 radical (unpaired) electrons. The lowest BCUT2D eigenvalue weighted by atomic mass is 9.90. The van der Waals surface area contributed by atoms with Crippen LogP contribution in [0.3, 0.4) is 0 Å². The molecule has 3 rings (SSSR count). The highest BCUT2D eigenvalue weighted by atomic mass is 16.6. The van der Waals surface area contributed by atoms with Crippen LogP contribution in [0.15, 0.2) is 18.3 Å². The van der Waals surface area contributed by atoms with Crippen LogP contribution < -0.4 is 10.2 Å². The summed E-state index contributed by atoms with van der Waals surface area (Å²) in [4.78, 5) is 17.0. The van der Waals surface area contributed by atoms with Crippen molar-refractivity contribution in [2.45, 2.75) is 18.4 Å². The topological polar surface area (TPSA) is 80.5 Å². The van der Waals surface area contributed by atoms with Crippen molar-refractivity contribution in [3.05, 3.63) is 28.4 Å². The van der Waals surface area contributed by atoms with E-state index in [2.05, 4.69) is 10.3 Å². The minimum Gasteiger partial charge on any atom is -0.371 e. The average molecular weight is 278 g/mol. The van der Waals surface area contributed by atoms with Crippen LogP contribution in [0, 0.1) is 10.1 Å². The molecule has 2 fully saturated rings. The highest BCUT2D eigenvalue weighted by molar-refractivity contribution is 5.57. The second-order valence-electron chi connectivity index (χ2n) is 5.31. The predicted molar refractivity (Wildman–Crippen MR) is 73.9 cm³/mol. The normalized spacial score (nSPS) is 21.9. The van der Waals surface area contributed by atoms with Gasteiger partial charge in [0.25, 0.3) is 0 Å². The lowest BCUT2D eigenvalue weighted by Crippen LogP contribution is -2.56. The summed E-state index contributed by atoms with van der Waals surface area (Å²) >= 11 is 0. The first-order valence-corrected chi connectivity index (χ1v) is 6.89. The molecule has 1 aromatic rings. The quantitative estimate of drug-likeness (QED) is 0.641. The van der Waals surface area contributed by atoms with Gasteiger partial charge in [-0.05, 0) is 32.0 Å². The number of aromatic nitrogens is 1. The molecule has 0 aliphatic carbocycles. The summed E-state index contributed by atoms with van der Waals surface area (Å²) in [5.41, 5.74) is -0.118. The zero-order chi connectivity index (χ0) is 14.0. The molecule has 0 amide bonds. The van der Waals surface area contributed by atoms with Crippen molar-refractivity contribution >= 4 is 11.5 Å². The Hall–Kier alpha value is -1.73. The van der Waals surface area contributed by atoms with Crippen molar-refractivity contribution < 1.29 is 9.66 Å². The average Bonchev–Trinajstić information content (AvgIpc) is 2.48. The fraction of sp³-hybridized carbons (Fsp3) is 0.615. The number of anilines is 1. The molecule has 1 aromatic heterocycles. The largest absolute Gasteiger partial charge is 0.371 e. The Labute approximate surface area is 117 Å². The standard InChI is InChI=1S/C13H18N4O3/c18-17(19)11-2-1-5-15-12(11)16-8-9-20-13(10-16)3-6-14-7-4-13/h1-2,5,14H,3-4,6-10H2. The van der Waals surface area contributed by atoms with E-state index >= 15 is 0 Å². The molecule has 3 heterocycles. The van der Waals surface area contributed by atoms with Crippen molar-refractivity contribution in [3.8, 4) is 0 Å². The molecular weight excluding hydrogens is 260 g/mol. The third kappa shape index (κ3) is 2.46. The Bertz CT molecular complexity index is 497. The van der Waals surface area contributed by atoms with Crippen LogP contribution in [0.25, 0.3) is 0 Å². The molecule has 2 aliphatic rings. The molecule has 7 heteroatoms. The molecule has 0 bridgehead atoms. The van der Waals surface area contributed by atoms with Gasteiger partial charge in [-0.25, -0.2) is 4.98 Å². The van der Waals surface area contributed by atoms with Crippen LogP contribution in [0.2, 0.25) is 0 Å². The van der Waals surface area contributed by atoms with Gasteiger partial charge in [0.15, 0.2) is 0 Å². The number of pyridine rings is 1. The Balaban J connectivity index is 1.85. The van der Waals surface area contributed by atoms with E-state index in [-0.39, 0.29) is 16.2 Å². The third-order valence-electron chi connectivity index (χ3n) is 4.03. The molecule has 1 spiro atoms. The summed E-state index contributed by atoms with van der Waals surface area (Å²) in [7, 11) is 0. The SMILES string of the molecule is O=[N+]([O-])c1cccnc1N1CCOC2(CCNCC2)C1. The smallest absolute Gasteiger partial charge is 0.311 e. The van der Waals surface area contributed by atoms with Crippen LogP contribution in [-0.2, 0) is 4.74 Å². The van der Waals surface area contributed by atoms with E-state index in [1.807, 2.05) is 4.90 Å². The van der Waals surface area contributed by atoms with E-state index in [1.54, 1.807) is 12.3 Å². The van der Waals surface area contributed by atoms with Gasteiger partial charge in [-0.3, -0.25) is 10.1 Å². The van der Waals surface area contributed by atoms with E-state index in [1.165, 1.54) is 6.07 Å². The summed E-state index contributed by atoms with van der Waals surface area (Å²) in [6.07, 6.45) is 3.47. The number of rotatable bonds is 2. The van der Waals surface area contributed by atoms with E-state index in [0.29, 0.717) is 25.5 Å². The Morgan fingerprint density at radius 3 is 3.00 bits per heavy atom. The van der Waals surface area contributed by atoms with E-state index in [4.69, 9.17) is 4.74 Å². The number of ether oxygens (including phenoxy) is 1. The lowest BCUT2D eigenvalue weighted by Gasteiger charge is -2.45. The van der Waals surface area contributed by atoms with Gasteiger partial charge in [-0.1, -0.05) is 0 Å². The minimum atomic E-state index is -0.368. The van der Waals surface area contributed by atoms with Crippen LogP contribution in [-0.4, -0.2) is 48.3 Å². The van der Waals surface area contributed by atoms with E-state index in [0.717, 1.165) is 25.9 Å². The molecule has 108 valence electrons. The Morgan fingerprint density at radius 2 is 2.25 bits per heavy atom. The van der Waals surface area contributed by atoms with Gasteiger partial charge in [-0.2, -0.15) is 0 Å². The molecule has 0 atom stereocenters. The Morgan fingerprint density at radius 1 is 1.45 bits per heavy atom.